The summed E-state index contributed by atoms with van der Waals surface area (Å²) >= 11 is 1.62. The second-order valence-electron chi connectivity index (χ2n) is 5.74. The first-order valence-electron chi connectivity index (χ1n) is 8.06. The third kappa shape index (κ3) is 3.65. The van der Waals surface area contributed by atoms with Gasteiger partial charge >= 0.3 is 0 Å². The molecule has 0 aromatic carbocycles. The van der Waals surface area contributed by atoms with Crippen LogP contribution in [0.15, 0.2) is 0 Å². The quantitative estimate of drug-likeness (QED) is 0.880. The Bertz CT molecular complexity index is 538. The predicted molar refractivity (Wildman–Crippen MR) is 87.6 cm³/mol. The van der Waals surface area contributed by atoms with Crippen LogP contribution in [0.4, 0.5) is 5.00 Å². The summed E-state index contributed by atoms with van der Waals surface area (Å²) in [6, 6.07) is 2.33. The van der Waals surface area contributed by atoms with Crippen molar-refractivity contribution in [3.8, 4) is 6.07 Å². The van der Waals surface area contributed by atoms with E-state index in [1.807, 2.05) is 13.8 Å². The van der Waals surface area contributed by atoms with Gasteiger partial charge < -0.3 is 5.32 Å². The number of anilines is 1. The summed E-state index contributed by atoms with van der Waals surface area (Å²) in [6.45, 7) is 4.07. The van der Waals surface area contributed by atoms with Gasteiger partial charge in [-0.25, -0.2) is 0 Å². The second-order valence-corrected chi connectivity index (χ2v) is 6.84. The number of hydrogen-bond donors (Lipinski definition) is 1. The van der Waals surface area contributed by atoms with Crippen molar-refractivity contribution in [3.05, 3.63) is 16.0 Å². The van der Waals surface area contributed by atoms with Gasteiger partial charge in [-0.05, 0) is 44.1 Å². The van der Waals surface area contributed by atoms with E-state index in [1.165, 1.54) is 29.7 Å². The zero-order valence-corrected chi connectivity index (χ0v) is 13.8. The van der Waals surface area contributed by atoms with Crippen molar-refractivity contribution in [1.29, 1.82) is 5.26 Å². The Balaban J connectivity index is 2.25. The van der Waals surface area contributed by atoms with E-state index < -0.39 is 0 Å². The Morgan fingerprint density at radius 2 is 1.90 bits per heavy atom. The third-order valence-corrected chi connectivity index (χ3v) is 5.58. The molecule has 1 N–H and O–H groups in total. The molecule has 1 aliphatic rings. The van der Waals surface area contributed by atoms with Gasteiger partial charge in [0.25, 0.3) is 0 Å². The van der Waals surface area contributed by atoms with Crippen LogP contribution in [0.3, 0.4) is 0 Å². The summed E-state index contributed by atoms with van der Waals surface area (Å²) in [5.41, 5.74) is 1.92. The second kappa shape index (κ2) is 7.61. The van der Waals surface area contributed by atoms with Crippen LogP contribution < -0.4 is 5.32 Å². The van der Waals surface area contributed by atoms with Gasteiger partial charge in [0.05, 0.1) is 5.56 Å². The van der Waals surface area contributed by atoms with E-state index in [1.54, 1.807) is 11.3 Å². The van der Waals surface area contributed by atoms with E-state index in [-0.39, 0.29) is 11.8 Å². The first kappa shape index (κ1) is 16.0. The summed E-state index contributed by atoms with van der Waals surface area (Å²) in [7, 11) is 0. The van der Waals surface area contributed by atoms with E-state index in [0.29, 0.717) is 0 Å². The fourth-order valence-corrected chi connectivity index (χ4v) is 4.24. The molecule has 3 nitrogen and oxygen atoms in total. The van der Waals surface area contributed by atoms with Crippen LogP contribution in [0.25, 0.3) is 0 Å². The van der Waals surface area contributed by atoms with Crippen molar-refractivity contribution in [2.75, 3.05) is 5.32 Å². The van der Waals surface area contributed by atoms with Crippen LogP contribution in [-0.2, 0) is 17.6 Å². The van der Waals surface area contributed by atoms with E-state index in [4.69, 9.17) is 0 Å². The molecule has 1 amide bonds. The fraction of sp³-hybridized carbons (Fsp3) is 0.647. The molecule has 0 fully saturated rings. The number of fused-ring (bicyclic) bond motifs is 1. The summed E-state index contributed by atoms with van der Waals surface area (Å²) < 4.78 is 0. The smallest absolute Gasteiger partial charge is 0.228 e. The molecular formula is C17H24N2OS. The highest BCUT2D eigenvalue weighted by molar-refractivity contribution is 7.16. The monoisotopic (exact) mass is 304 g/mol. The first-order chi connectivity index (χ1) is 10.2. The van der Waals surface area contributed by atoms with Gasteiger partial charge in [0.2, 0.25) is 5.91 Å². The molecule has 21 heavy (non-hydrogen) atoms. The fourth-order valence-electron chi connectivity index (χ4n) is 3.00. The maximum atomic E-state index is 12.3. The van der Waals surface area contributed by atoms with Crippen LogP contribution >= 0.6 is 11.3 Å². The normalized spacial score (nSPS) is 15.0. The highest BCUT2D eigenvalue weighted by Gasteiger charge is 2.22. The molecule has 1 aliphatic carbocycles. The van der Waals surface area contributed by atoms with Crippen molar-refractivity contribution >= 4 is 22.2 Å². The molecule has 0 unspecified atom stereocenters. The number of nitriles is 1. The number of hydrogen-bond acceptors (Lipinski definition) is 3. The SMILES string of the molecule is CCC(CC)C(=O)Nc1sc2c(c1C#N)CCCCCC2. The molecule has 0 bridgehead atoms. The van der Waals surface area contributed by atoms with E-state index >= 15 is 0 Å². The van der Waals surface area contributed by atoms with Gasteiger partial charge in [-0.1, -0.05) is 26.7 Å². The number of carbonyl (C=O) groups excluding carboxylic acids is 1. The zero-order chi connectivity index (χ0) is 15.2. The molecule has 0 radical (unpaired) electrons. The number of nitrogens with one attached hydrogen (secondary N) is 1. The molecule has 114 valence electrons. The van der Waals surface area contributed by atoms with Crippen molar-refractivity contribution < 1.29 is 4.79 Å². The topological polar surface area (TPSA) is 52.9 Å². The molecule has 0 aliphatic heterocycles. The van der Waals surface area contributed by atoms with Gasteiger partial charge in [0, 0.05) is 10.8 Å². The largest absolute Gasteiger partial charge is 0.316 e. The predicted octanol–water partition coefficient (Wildman–Crippen LogP) is 4.65. The molecule has 0 saturated carbocycles. The zero-order valence-electron chi connectivity index (χ0n) is 13.0. The van der Waals surface area contributed by atoms with Crippen molar-refractivity contribution in [2.45, 2.75) is 65.2 Å². The van der Waals surface area contributed by atoms with Gasteiger partial charge in [-0.15, -0.1) is 11.3 Å². The van der Waals surface area contributed by atoms with Crippen LogP contribution in [0.1, 0.15) is 68.4 Å². The molecule has 0 spiro atoms. The molecule has 1 aromatic rings. The summed E-state index contributed by atoms with van der Waals surface area (Å²) in [5, 5.41) is 13.3. The maximum absolute atomic E-state index is 12.3. The lowest BCUT2D eigenvalue weighted by atomic mass is 9.97. The molecule has 0 saturated heterocycles. The minimum Gasteiger partial charge on any atom is -0.316 e. The lowest BCUT2D eigenvalue weighted by Crippen LogP contribution is -2.21. The number of rotatable bonds is 4. The van der Waals surface area contributed by atoms with Crippen molar-refractivity contribution in [2.24, 2.45) is 5.92 Å². The molecule has 0 atom stereocenters. The number of aryl methyl sites for hydroxylation is 1. The van der Waals surface area contributed by atoms with Crippen LogP contribution in [0, 0.1) is 17.2 Å². The summed E-state index contributed by atoms with van der Waals surface area (Å²) in [5.74, 6) is 0.104. The Hall–Kier alpha value is -1.34. The molecule has 1 aromatic heterocycles. The third-order valence-electron chi connectivity index (χ3n) is 4.38. The van der Waals surface area contributed by atoms with Gasteiger partial charge in [-0.2, -0.15) is 5.26 Å². The highest BCUT2D eigenvalue weighted by atomic mass is 32.1. The summed E-state index contributed by atoms with van der Waals surface area (Å²) in [6.07, 6.45) is 8.58. The Labute approximate surface area is 131 Å². The molecule has 4 heteroatoms. The Morgan fingerprint density at radius 1 is 1.24 bits per heavy atom. The van der Waals surface area contributed by atoms with Crippen LogP contribution in [-0.4, -0.2) is 5.91 Å². The molecule has 2 rings (SSSR count). The standard InChI is InChI=1S/C17H24N2OS/c1-3-12(4-2)16(20)19-17-14(11-18)13-9-7-5-6-8-10-15(13)21-17/h12H,3-10H2,1-2H3,(H,19,20). The van der Waals surface area contributed by atoms with Gasteiger partial charge in [0.15, 0.2) is 0 Å². The Morgan fingerprint density at radius 3 is 2.52 bits per heavy atom. The maximum Gasteiger partial charge on any atom is 0.228 e. The molecular weight excluding hydrogens is 280 g/mol. The minimum atomic E-state index is 0.0428. The van der Waals surface area contributed by atoms with E-state index in [2.05, 4.69) is 11.4 Å². The highest BCUT2D eigenvalue weighted by Crippen LogP contribution is 2.36. The number of carbonyl (C=O) groups is 1. The van der Waals surface area contributed by atoms with Crippen LogP contribution in [0.2, 0.25) is 0 Å². The van der Waals surface area contributed by atoms with E-state index in [0.717, 1.165) is 42.7 Å². The summed E-state index contributed by atoms with van der Waals surface area (Å²) in [4.78, 5) is 13.6. The minimum absolute atomic E-state index is 0.0428. The lowest BCUT2D eigenvalue weighted by Gasteiger charge is -2.11. The number of nitrogens with zero attached hydrogens (tertiary/aromatic N) is 1. The molecule has 1 heterocycles. The number of thiophene rings is 1. The van der Waals surface area contributed by atoms with Crippen molar-refractivity contribution in [3.63, 3.8) is 0 Å². The van der Waals surface area contributed by atoms with E-state index in [9.17, 15) is 10.1 Å². The first-order valence-corrected chi connectivity index (χ1v) is 8.88. The Kier molecular flexibility index (Phi) is 5.81. The average molecular weight is 304 g/mol. The van der Waals surface area contributed by atoms with Crippen molar-refractivity contribution in [1.82, 2.24) is 0 Å². The van der Waals surface area contributed by atoms with Gasteiger partial charge in [0.1, 0.15) is 11.1 Å². The number of amides is 1. The average Bonchev–Trinajstić information content (AvgIpc) is 2.76. The lowest BCUT2D eigenvalue weighted by molar-refractivity contribution is -0.120. The van der Waals surface area contributed by atoms with Crippen LogP contribution in [0.5, 0.6) is 0 Å². The van der Waals surface area contributed by atoms with Gasteiger partial charge in [-0.3, -0.25) is 4.79 Å².